The van der Waals surface area contributed by atoms with Crippen molar-refractivity contribution in [3.05, 3.63) is 35.4 Å². The topological polar surface area (TPSA) is 49.4 Å². The number of carbonyl (C=O) groups is 2. The van der Waals surface area contributed by atoms with Crippen LogP contribution in [0, 0.1) is 0 Å². The molecule has 0 aliphatic carbocycles. The number of imide groups is 1. The molecule has 2 aliphatic rings. The summed E-state index contributed by atoms with van der Waals surface area (Å²) in [4.78, 5) is 25.5. The number of amides is 2. The largest absolute Gasteiger partial charge is 0.312 e. The molecule has 17 heavy (non-hydrogen) atoms. The van der Waals surface area contributed by atoms with Crippen LogP contribution < -0.4 is 5.32 Å². The first-order valence-corrected chi connectivity index (χ1v) is 5.96. The lowest BCUT2D eigenvalue weighted by molar-refractivity contribution is 0.0641. The van der Waals surface area contributed by atoms with Crippen molar-refractivity contribution in [2.75, 3.05) is 13.1 Å². The van der Waals surface area contributed by atoms with Gasteiger partial charge in [-0.25, -0.2) is 0 Å². The SMILES string of the molecule is O=C1c2ccccc2C(=O)N1CC1CCCN1. The Balaban J connectivity index is 1.84. The van der Waals surface area contributed by atoms with Crippen molar-refractivity contribution in [1.82, 2.24) is 10.2 Å². The van der Waals surface area contributed by atoms with E-state index >= 15 is 0 Å². The fraction of sp³-hybridized carbons (Fsp3) is 0.385. The third-order valence-corrected chi connectivity index (χ3v) is 3.44. The quantitative estimate of drug-likeness (QED) is 0.772. The van der Waals surface area contributed by atoms with Crippen LogP contribution in [0.1, 0.15) is 33.6 Å². The molecule has 2 heterocycles. The summed E-state index contributed by atoms with van der Waals surface area (Å²) in [6.07, 6.45) is 2.15. The molecule has 1 aromatic carbocycles. The van der Waals surface area contributed by atoms with E-state index < -0.39 is 0 Å². The van der Waals surface area contributed by atoms with Crippen molar-refractivity contribution < 1.29 is 9.59 Å². The van der Waals surface area contributed by atoms with Crippen LogP contribution in [-0.2, 0) is 0 Å². The van der Waals surface area contributed by atoms with Crippen LogP contribution in [0.2, 0.25) is 0 Å². The summed E-state index contributed by atoms with van der Waals surface area (Å²) in [5.74, 6) is -0.307. The average molecular weight is 230 g/mol. The smallest absolute Gasteiger partial charge is 0.261 e. The van der Waals surface area contributed by atoms with Crippen LogP contribution in [0.5, 0.6) is 0 Å². The third-order valence-electron chi connectivity index (χ3n) is 3.44. The van der Waals surface area contributed by atoms with E-state index in [0.29, 0.717) is 17.7 Å². The lowest BCUT2D eigenvalue weighted by atomic mass is 10.1. The Labute approximate surface area is 99.6 Å². The lowest BCUT2D eigenvalue weighted by Gasteiger charge is -2.18. The molecule has 88 valence electrons. The van der Waals surface area contributed by atoms with E-state index in [-0.39, 0.29) is 17.9 Å². The van der Waals surface area contributed by atoms with E-state index in [2.05, 4.69) is 5.32 Å². The van der Waals surface area contributed by atoms with Gasteiger partial charge in [-0.1, -0.05) is 12.1 Å². The number of nitrogens with zero attached hydrogens (tertiary/aromatic N) is 1. The maximum atomic E-state index is 12.1. The highest BCUT2D eigenvalue weighted by Gasteiger charge is 2.36. The predicted molar refractivity (Wildman–Crippen MR) is 62.8 cm³/mol. The van der Waals surface area contributed by atoms with Gasteiger partial charge in [0.25, 0.3) is 11.8 Å². The molecule has 1 saturated heterocycles. The Morgan fingerprint density at radius 3 is 2.35 bits per heavy atom. The highest BCUT2D eigenvalue weighted by atomic mass is 16.2. The van der Waals surface area contributed by atoms with Crippen molar-refractivity contribution in [3.8, 4) is 0 Å². The summed E-state index contributed by atoms with van der Waals surface area (Å²) >= 11 is 0. The second-order valence-electron chi connectivity index (χ2n) is 4.56. The number of rotatable bonds is 2. The second kappa shape index (κ2) is 3.96. The van der Waals surface area contributed by atoms with Crippen molar-refractivity contribution in [2.45, 2.75) is 18.9 Å². The standard InChI is InChI=1S/C13H14N2O2/c16-12-10-5-1-2-6-11(10)13(17)15(12)8-9-4-3-7-14-9/h1-2,5-6,9,14H,3-4,7-8H2. The zero-order valence-electron chi connectivity index (χ0n) is 9.48. The Kier molecular flexibility index (Phi) is 2.44. The first-order chi connectivity index (χ1) is 8.27. The monoisotopic (exact) mass is 230 g/mol. The van der Waals surface area contributed by atoms with Crippen LogP contribution in [0.3, 0.4) is 0 Å². The zero-order valence-corrected chi connectivity index (χ0v) is 9.48. The number of benzene rings is 1. The van der Waals surface area contributed by atoms with E-state index in [0.717, 1.165) is 19.4 Å². The molecule has 1 fully saturated rings. The first kappa shape index (κ1) is 10.5. The fourth-order valence-electron chi connectivity index (χ4n) is 2.54. The van der Waals surface area contributed by atoms with Gasteiger partial charge < -0.3 is 5.32 Å². The molecule has 0 saturated carbocycles. The lowest BCUT2D eigenvalue weighted by Crippen LogP contribution is -2.40. The number of nitrogens with one attached hydrogen (secondary N) is 1. The second-order valence-corrected chi connectivity index (χ2v) is 4.56. The molecular formula is C13H14N2O2. The van der Waals surface area contributed by atoms with Gasteiger partial charge in [-0.05, 0) is 31.5 Å². The number of fused-ring (bicyclic) bond motifs is 1. The molecule has 0 radical (unpaired) electrons. The van der Waals surface area contributed by atoms with Gasteiger partial charge in [-0.15, -0.1) is 0 Å². The van der Waals surface area contributed by atoms with E-state index in [1.54, 1.807) is 24.3 Å². The highest BCUT2D eigenvalue weighted by Crippen LogP contribution is 2.23. The molecule has 1 atom stereocenters. The van der Waals surface area contributed by atoms with E-state index in [9.17, 15) is 9.59 Å². The van der Waals surface area contributed by atoms with Crippen LogP contribution in [0.25, 0.3) is 0 Å². The minimum absolute atomic E-state index is 0.153. The summed E-state index contributed by atoms with van der Waals surface area (Å²) in [6.45, 7) is 1.47. The molecule has 1 aromatic rings. The third kappa shape index (κ3) is 1.65. The molecule has 2 aliphatic heterocycles. The minimum atomic E-state index is -0.153. The van der Waals surface area contributed by atoms with Crippen LogP contribution in [-0.4, -0.2) is 35.8 Å². The van der Waals surface area contributed by atoms with Crippen molar-refractivity contribution in [2.24, 2.45) is 0 Å². The summed E-state index contributed by atoms with van der Waals surface area (Å²) in [5.41, 5.74) is 1.07. The van der Waals surface area contributed by atoms with Gasteiger partial charge in [0.05, 0.1) is 11.1 Å². The summed E-state index contributed by atoms with van der Waals surface area (Å²) in [6, 6.07) is 7.29. The zero-order chi connectivity index (χ0) is 11.8. The Morgan fingerprint density at radius 1 is 1.18 bits per heavy atom. The first-order valence-electron chi connectivity index (χ1n) is 5.96. The average Bonchev–Trinajstić information content (AvgIpc) is 2.94. The van der Waals surface area contributed by atoms with Crippen LogP contribution >= 0.6 is 0 Å². The van der Waals surface area contributed by atoms with E-state index in [4.69, 9.17) is 0 Å². The molecule has 1 N–H and O–H groups in total. The summed E-state index contributed by atoms with van der Waals surface area (Å²) in [7, 11) is 0. The Morgan fingerprint density at radius 2 is 1.82 bits per heavy atom. The maximum absolute atomic E-state index is 12.1. The normalized spacial score (nSPS) is 23.3. The molecule has 0 bridgehead atoms. The Hall–Kier alpha value is -1.68. The number of hydrogen-bond acceptors (Lipinski definition) is 3. The summed E-state index contributed by atoms with van der Waals surface area (Å²) in [5, 5.41) is 3.31. The molecule has 3 rings (SSSR count). The van der Waals surface area contributed by atoms with Gasteiger partial charge in [0.2, 0.25) is 0 Å². The van der Waals surface area contributed by atoms with Crippen LogP contribution in [0.15, 0.2) is 24.3 Å². The van der Waals surface area contributed by atoms with Crippen molar-refractivity contribution in [1.29, 1.82) is 0 Å². The Bertz CT molecular complexity index is 443. The fourth-order valence-corrected chi connectivity index (χ4v) is 2.54. The van der Waals surface area contributed by atoms with Crippen LogP contribution in [0.4, 0.5) is 0 Å². The molecule has 4 nitrogen and oxygen atoms in total. The predicted octanol–water partition coefficient (Wildman–Crippen LogP) is 1.03. The van der Waals surface area contributed by atoms with Gasteiger partial charge in [0, 0.05) is 12.6 Å². The van der Waals surface area contributed by atoms with Gasteiger partial charge in [0.1, 0.15) is 0 Å². The molecule has 2 amide bonds. The molecule has 0 aromatic heterocycles. The van der Waals surface area contributed by atoms with Gasteiger partial charge in [-0.2, -0.15) is 0 Å². The highest BCUT2D eigenvalue weighted by molar-refractivity contribution is 6.21. The molecular weight excluding hydrogens is 216 g/mol. The minimum Gasteiger partial charge on any atom is -0.312 e. The van der Waals surface area contributed by atoms with Gasteiger partial charge in [0.15, 0.2) is 0 Å². The number of carbonyl (C=O) groups excluding carboxylic acids is 2. The van der Waals surface area contributed by atoms with Gasteiger partial charge in [-0.3, -0.25) is 14.5 Å². The van der Waals surface area contributed by atoms with Gasteiger partial charge >= 0.3 is 0 Å². The molecule has 1 unspecified atom stereocenters. The number of hydrogen-bond donors (Lipinski definition) is 1. The van der Waals surface area contributed by atoms with E-state index in [1.807, 2.05) is 0 Å². The van der Waals surface area contributed by atoms with E-state index in [1.165, 1.54) is 4.90 Å². The molecule has 4 heteroatoms. The summed E-state index contributed by atoms with van der Waals surface area (Å²) < 4.78 is 0. The molecule has 0 spiro atoms. The van der Waals surface area contributed by atoms with Crippen molar-refractivity contribution >= 4 is 11.8 Å². The van der Waals surface area contributed by atoms with Crippen molar-refractivity contribution in [3.63, 3.8) is 0 Å². The maximum Gasteiger partial charge on any atom is 0.261 e.